The first-order valence-corrected chi connectivity index (χ1v) is 9.39. The number of aryl methyl sites for hydroxylation is 3. The average Bonchev–Trinajstić information content (AvgIpc) is 3.20. The Morgan fingerprint density at radius 3 is 2.40 bits per heavy atom. The fourth-order valence-corrected chi connectivity index (χ4v) is 2.80. The second kappa shape index (κ2) is 9.69. The number of carbonyl (C=O) groups excluding carboxylic acids is 2. The Bertz CT molecular complexity index is 1010. The molecule has 0 bridgehead atoms. The van der Waals surface area contributed by atoms with Gasteiger partial charge in [-0.2, -0.15) is 0 Å². The van der Waals surface area contributed by atoms with Crippen molar-refractivity contribution in [3.05, 3.63) is 71.5 Å². The zero-order valence-corrected chi connectivity index (χ0v) is 16.7. The number of halogens is 1. The van der Waals surface area contributed by atoms with Crippen molar-refractivity contribution >= 4 is 11.8 Å². The lowest BCUT2D eigenvalue weighted by atomic mass is 10.1. The van der Waals surface area contributed by atoms with Crippen molar-refractivity contribution in [2.24, 2.45) is 0 Å². The van der Waals surface area contributed by atoms with Crippen LogP contribution in [0.1, 0.15) is 23.4 Å². The van der Waals surface area contributed by atoms with Crippen molar-refractivity contribution in [2.75, 3.05) is 6.61 Å². The van der Waals surface area contributed by atoms with E-state index < -0.39 is 11.8 Å². The second-order valence-electron chi connectivity index (χ2n) is 6.73. The number of hydrogen-bond donors (Lipinski definition) is 2. The van der Waals surface area contributed by atoms with Crippen LogP contribution in [0.25, 0.3) is 11.3 Å². The van der Waals surface area contributed by atoms with E-state index in [1.54, 1.807) is 12.1 Å². The van der Waals surface area contributed by atoms with Crippen LogP contribution in [-0.2, 0) is 16.0 Å². The summed E-state index contributed by atoms with van der Waals surface area (Å²) in [5, 5.41) is 0. The molecule has 0 atom stereocenters. The number of aromatic nitrogens is 1. The van der Waals surface area contributed by atoms with Crippen LogP contribution in [0, 0.1) is 19.7 Å². The van der Waals surface area contributed by atoms with E-state index in [0.29, 0.717) is 23.0 Å². The van der Waals surface area contributed by atoms with Gasteiger partial charge in [-0.05, 0) is 49.2 Å². The average molecular weight is 411 g/mol. The lowest BCUT2D eigenvalue weighted by Crippen LogP contribution is -2.44. The van der Waals surface area contributed by atoms with Crippen molar-refractivity contribution in [3.8, 4) is 17.1 Å². The maximum atomic E-state index is 13.0. The largest absolute Gasteiger partial charge is 0.483 e. The van der Waals surface area contributed by atoms with Crippen molar-refractivity contribution < 1.29 is 23.1 Å². The molecule has 7 nitrogen and oxygen atoms in total. The monoisotopic (exact) mass is 411 g/mol. The molecular formula is C22H22FN3O4. The molecule has 30 heavy (non-hydrogen) atoms. The van der Waals surface area contributed by atoms with Crippen LogP contribution in [0.15, 0.2) is 53.1 Å². The molecule has 0 unspecified atom stereocenters. The molecule has 0 saturated carbocycles. The van der Waals surface area contributed by atoms with Gasteiger partial charge in [-0.25, -0.2) is 9.37 Å². The SMILES string of the molecule is Cc1cccc(C)c1OCC(=O)NNC(=O)CCc1ncc(-c2ccc(F)cc2)o1. The zero-order chi connectivity index (χ0) is 21.5. The van der Waals surface area contributed by atoms with Gasteiger partial charge < -0.3 is 9.15 Å². The van der Waals surface area contributed by atoms with Gasteiger partial charge in [0.15, 0.2) is 18.3 Å². The molecule has 0 aliphatic heterocycles. The van der Waals surface area contributed by atoms with Crippen LogP contribution >= 0.6 is 0 Å². The summed E-state index contributed by atoms with van der Waals surface area (Å²) >= 11 is 0. The number of hydrazine groups is 1. The Kier molecular flexibility index (Phi) is 6.79. The number of ether oxygens (including phenoxy) is 1. The summed E-state index contributed by atoms with van der Waals surface area (Å²) in [6.45, 7) is 3.57. The minimum atomic E-state index is -0.472. The van der Waals surface area contributed by atoms with E-state index >= 15 is 0 Å². The quantitative estimate of drug-likeness (QED) is 0.582. The first kappa shape index (κ1) is 21.0. The predicted molar refractivity (Wildman–Crippen MR) is 108 cm³/mol. The molecule has 3 rings (SSSR count). The van der Waals surface area contributed by atoms with Crippen molar-refractivity contribution in [1.82, 2.24) is 15.8 Å². The summed E-state index contributed by atoms with van der Waals surface area (Å²) in [4.78, 5) is 27.9. The molecule has 0 saturated heterocycles. The summed E-state index contributed by atoms with van der Waals surface area (Å²) in [7, 11) is 0. The molecule has 1 aromatic heterocycles. The van der Waals surface area contributed by atoms with E-state index in [1.165, 1.54) is 18.3 Å². The fraction of sp³-hybridized carbons (Fsp3) is 0.227. The number of nitrogens with one attached hydrogen (secondary N) is 2. The van der Waals surface area contributed by atoms with Crippen molar-refractivity contribution in [2.45, 2.75) is 26.7 Å². The molecule has 0 radical (unpaired) electrons. The minimum Gasteiger partial charge on any atom is -0.483 e. The molecule has 2 aromatic carbocycles. The Morgan fingerprint density at radius 2 is 1.70 bits per heavy atom. The van der Waals surface area contributed by atoms with Gasteiger partial charge in [0.1, 0.15) is 11.6 Å². The predicted octanol–water partition coefficient (Wildman–Crippen LogP) is 3.26. The Morgan fingerprint density at radius 1 is 1.03 bits per heavy atom. The number of nitrogens with zero attached hydrogens (tertiary/aromatic N) is 1. The molecule has 156 valence electrons. The normalized spacial score (nSPS) is 10.5. The van der Waals surface area contributed by atoms with E-state index in [2.05, 4.69) is 15.8 Å². The highest BCUT2D eigenvalue weighted by molar-refractivity contribution is 5.82. The van der Waals surface area contributed by atoms with Crippen LogP contribution in [0.3, 0.4) is 0 Å². The van der Waals surface area contributed by atoms with E-state index in [0.717, 1.165) is 11.1 Å². The zero-order valence-electron chi connectivity index (χ0n) is 16.7. The molecule has 3 aromatic rings. The van der Waals surface area contributed by atoms with Gasteiger partial charge in [0.25, 0.3) is 5.91 Å². The number of carbonyl (C=O) groups is 2. The Labute approximate surface area is 173 Å². The number of hydrogen-bond acceptors (Lipinski definition) is 5. The van der Waals surface area contributed by atoms with Gasteiger partial charge in [0.05, 0.1) is 6.20 Å². The van der Waals surface area contributed by atoms with Crippen molar-refractivity contribution in [3.63, 3.8) is 0 Å². The first-order valence-electron chi connectivity index (χ1n) is 9.39. The molecule has 2 amide bonds. The van der Waals surface area contributed by atoms with Crippen LogP contribution in [0.2, 0.25) is 0 Å². The molecule has 0 aliphatic carbocycles. The van der Waals surface area contributed by atoms with E-state index in [4.69, 9.17) is 9.15 Å². The third-order valence-electron chi connectivity index (χ3n) is 4.35. The molecule has 2 N–H and O–H groups in total. The third kappa shape index (κ3) is 5.66. The van der Waals surface area contributed by atoms with Crippen LogP contribution in [-0.4, -0.2) is 23.4 Å². The van der Waals surface area contributed by atoms with Gasteiger partial charge in [0, 0.05) is 18.4 Å². The standard InChI is InChI=1S/C22H22FN3O4/c1-14-4-3-5-15(2)22(14)29-13-20(28)26-25-19(27)10-11-21-24-12-18(30-21)16-6-8-17(23)9-7-16/h3-9,12H,10-11,13H2,1-2H3,(H,25,27)(H,26,28). The molecule has 8 heteroatoms. The van der Waals surface area contributed by atoms with Crippen LogP contribution in [0.4, 0.5) is 4.39 Å². The highest BCUT2D eigenvalue weighted by atomic mass is 19.1. The van der Waals surface area contributed by atoms with Crippen LogP contribution in [0.5, 0.6) is 5.75 Å². The number of oxazole rings is 1. The summed E-state index contributed by atoms with van der Waals surface area (Å²) in [6.07, 6.45) is 1.84. The van der Waals surface area contributed by atoms with Crippen LogP contribution < -0.4 is 15.6 Å². The fourth-order valence-electron chi connectivity index (χ4n) is 2.80. The third-order valence-corrected chi connectivity index (χ3v) is 4.35. The van der Waals surface area contributed by atoms with Gasteiger partial charge in [-0.15, -0.1) is 0 Å². The molecule has 1 heterocycles. The maximum absolute atomic E-state index is 13.0. The number of benzene rings is 2. The maximum Gasteiger partial charge on any atom is 0.276 e. The smallest absolute Gasteiger partial charge is 0.276 e. The summed E-state index contributed by atoms with van der Waals surface area (Å²) in [5.41, 5.74) is 7.20. The van der Waals surface area contributed by atoms with Gasteiger partial charge in [-0.3, -0.25) is 20.4 Å². The van der Waals surface area contributed by atoms with Gasteiger partial charge in [0.2, 0.25) is 5.91 Å². The lowest BCUT2D eigenvalue weighted by Gasteiger charge is -2.12. The molecule has 0 spiro atoms. The summed E-state index contributed by atoms with van der Waals surface area (Å²) in [5.74, 6) is 0.311. The van der Waals surface area contributed by atoms with Gasteiger partial charge >= 0.3 is 0 Å². The number of rotatable bonds is 7. The number of amides is 2. The molecule has 0 fully saturated rings. The topological polar surface area (TPSA) is 93.5 Å². The van der Waals surface area contributed by atoms with E-state index in [9.17, 15) is 14.0 Å². The lowest BCUT2D eigenvalue weighted by molar-refractivity contribution is -0.130. The minimum absolute atomic E-state index is 0.0708. The Balaban J connectivity index is 1.41. The highest BCUT2D eigenvalue weighted by Crippen LogP contribution is 2.22. The summed E-state index contributed by atoms with van der Waals surface area (Å²) < 4.78 is 24.1. The van der Waals surface area contributed by atoms with Crippen molar-refractivity contribution in [1.29, 1.82) is 0 Å². The first-order chi connectivity index (χ1) is 14.4. The molecule has 0 aliphatic rings. The second-order valence-corrected chi connectivity index (χ2v) is 6.73. The summed E-state index contributed by atoms with van der Waals surface area (Å²) in [6, 6.07) is 11.5. The Hall–Kier alpha value is -3.68. The van der Waals surface area contributed by atoms with Gasteiger partial charge in [-0.1, -0.05) is 18.2 Å². The van der Waals surface area contributed by atoms with E-state index in [1.807, 2.05) is 32.0 Å². The number of para-hydroxylation sites is 1. The molecular weight excluding hydrogens is 389 g/mol. The van der Waals surface area contributed by atoms with E-state index in [-0.39, 0.29) is 25.3 Å². The highest BCUT2D eigenvalue weighted by Gasteiger charge is 2.11.